The van der Waals surface area contributed by atoms with Gasteiger partial charge in [-0.25, -0.2) is 4.39 Å². The van der Waals surface area contributed by atoms with Crippen LogP contribution in [0.15, 0.2) is 46.6 Å². The van der Waals surface area contributed by atoms with E-state index in [9.17, 15) is 4.39 Å². The van der Waals surface area contributed by atoms with Gasteiger partial charge < -0.3 is 0 Å². The van der Waals surface area contributed by atoms with E-state index in [1.807, 2.05) is 6.21 Å². The molecule has 2 rings (SSSR count). The molecule has 0 unspecified atom stereocenters. The summed E-state index contributed by atoms with van der Waals surface area (Å²) in [6.07, 6.45) is 9.23. The van der Waals surface area contributed by atoms with Gasteiger partial charge in [0.25, 0.3) is 0 Å². The van der Waals surface area contributed by atoms with Crippen LogP contribution in [0.2, 0.25) is 0 Å². The van der Waals surface area contributed by atoms with Gasteiger partial charge in [-0.2, -0.15) is 0 Å². The van der Waals surface area contributed by atoms with Crippen LogP contribution in [0.1, 0.15) is 31.7 Å². The highest BCUT2D eigenvalue weighted by Gasteiger charge is 2.00. The van der Waals surface area contributed by atoms with Crippen molar-refractivity contribution < 1.29 is 4.39 Å². The van der Waals surface area contributed by atoms with Crippen LogP contribution in [-0.2, 0) is 0 Å². The zero-order valence-electron chi connectivity index (χ0n) is 9.99. The van der Waals surface area contributed by atoms with Gasteiger partial charge in [0.15, 0.2) is 0 Å². The summed E-state index contributed by atoms with van der Waals surface area (Å²) < 4.78 is 12.7. The van der Waals surface area contributed by atoms with E-state index in [0.29, 0.717) is 0 Å². The molecule has 0 saturated heterocycles. The molecule has 1 heterocycles. The van der Waals surface area contributed by atoms with Crippen LogP contribution in [0.5, 0.6) is 0 Å². The van der Waals surface area contributed by atoms with Gasteiger partial charge in [0.05, 0.1) is 0 Å². The van der Waals surface area contributed by atoms with E-state index in [1.54, 1.807) is 12.1 Å². The molecule has 0 aliphatic carbocycles. The second kappa shape index (κ2) is 5.58. The topological polar surface area (TPSA) is 12.4 Å². The third kappa shape index (κ3) is 3.66. The minimum Gasteiger partial charge on any atom is -0.266 e. The Hall–Kier alpha value is -1.70. The molecule has 0 amide bonds. The molecule has 1 aliphatic rings. The standard InChI is InChI=1S/C15H16FN/c1-12(11-15-4-2-3-9-17-15)10-13-5-7-14(16)8-6-13/h4-10H,2-3,11H2,1H3/b12-10-. The van der Waals surface area contributed by atoms with Gasteiger partial charge >= 0.3 is 0 Å². The maximum atomic E-state index is 12.7. The number of allylic oxidation sites excluding steroid dienone is 2. The summed E-state index contributed by atoms with van der Waals surface area (Å²) in [5.41, 5.74) is 3.40. The molecule has 0 fully saturated rings. The van der Waals surface area contributed by atoms with Crippen molar-refractivity contribution in [2.45, 2.75) is 26.2 Å². The van der Waals surface area contributed by atoms with Crippen LogP contribution in [-0.4, -0.2) is 6.21 Å². The average molecular weight is 229 g/mol. The van der Waals surface area contributed by atoms with Gasteiger partial charge in [0.2, 0.25) is 0 Å². The van der Waals surface area contributed by atoms with Crippen molar-refractivity contribution in [3.63, 3.8) is 0 Å². The fraction of sp³-hybridized carbons (Fsp3) is 0.267. The summed E-state index contributed by atoms with van der Waals surface area (Å²) in [5, 5.41) is 0. The fourth-order valence-corrected chi connectivity index (χ4v) is 1.86. The first-order chi connectivity index (χ1) is 8.24. The Balaban J connectivity index is 2.04. The number of nitrogens with zero attached hydrogens (tertiary/aromatic N) is 1. The molecule has 0 radical (unpaired) electrons. The molecule has 1 nitrogen and oxygen atoms in total. The van der Waals surface area contributed by atoms with Crippen molar-refractivity contribution in [1.82, 2.24) is 0 Å². The second-order valence-corrected chi connectivity index (χ2v) is 4.30. The average Bonchev–Trinajstić information content (AvgIpc) is 2.33. The first-order valence-electron chi connectivity index (χ1n) is 5.88. The van der Waals surface area contributed by atoms with Gasteiger partial charge in [0, 0.05) is 18.3 Å². The lowest BCUT2D eigenvalue weighted by Gasteiger charge is -2.06. The maximum absolute atomic E-state index is 12.7. The Morgan fingerprint density at radius 3 is 2.71 bits per heavy atom. The number of hydrogen-bond acceptors (Lipinski definition) is 1. The molecule has 0 N–H and O–H groups in total. The zero-order valence-corrected chi connectivity index (χ0v) is 9.99. The summed E-state index contributed by atoms with van der Waals surface area (Å²) in [7, 11) is 0. The number of halogens is 1. The predicted molar refractivity (Wildman–Crippen MR) is 70.5 cm³/mol. The summed E-state index contributed by atoms with van der Waals surface area (Å²) in [5.74, 6) is -0.195. The summed E-state index contributed by atoms with van der Waals surface area (Å²) >= 11 is 0. The van der Waals surface area contributed by atoms with Crippen LogP contribution < -0.4 is 0 Å². The fourth-order valence-electron chi connectivity index (χ4n) is 1.86. The van der Waals surface area contributed by atoms with Crippen molar-refractivity contribution in [3.05, 3.63) is 53.0 Å². The number of benzene rings is 1. The second-order valence-electron chi connectivity index (χ2n) is 4.30. The van der Waals surface area contributed by atoms with E-state index >= 15 is 0 Å². The molecule has 2 heteroatoms. The highest BCUT2D eigenvalue weighted by Crippen LogP contribution is 2.18. The Bertz CT molecular complexity index is 466. The normalized spacial score (nSPS) is 15.9. The van der Waals surface area contributed by atoms with E-state index in [2.05, 4.69) is 24.1 Å². The Morgan fingerprint density at radius 2 is 2.06 bits per heavy atom. The predicted octanol–water partition coefficient (Wildman–Crippen LogP) is 4.37. The lowest BCUT2D eigenvalue weighted by molar-refractivity contribution is 0.628. The third-order valence-electron chi connectivity index (χ3n) is 2.68. The molecule has 1 aromatic rings. The van der Waals surface area contributed by atoms with Gasteiger partial charge in [0.1, 0.15) is 5.82 Å². The highest BCUT2D eigenvalue weighted by molar-refractivity contribution is 5.61. The Labute approximate surface area is 101 Å². The molecule has 0 bridgehead atoms. The molecule has 1 aromatic carbocycles. The van der Waals surface area contributed by atoms with Gasteiger partial charge in [-0.05, 0) is 37.5 Å². The van der Waals surface area contributed by atoms with E-state index in [4.69, 9.17) is 0 Å². The highest BCUT2D eigenvalue weighted by atomic mass is 19.1. The quantitative estimate of drug-likeness (QED) is 0.730. The number of aliphatic imine (C=N–C) groups is 1. The summed E-state index contributed by atoms with van der Waals surface area (Å²) in [6.45, 7) is 2.08. The van der Waals surface area contributed by atoms with Crippen LogP contribution in [0.3, 0.4) is 0 Å². The van der Waals surface area contributed by atoms with Gasteiger partial charge in [-0.3, -0.25) is 4.99 Å². The lowest BCUT2D eigenvalue weighted by Crippen LogP contribution is -1.90. The zero-order chi connectivity index (χ0) is 12.1. The molecule has 0 saturated carbocycles. The molecule has 0 spiro atoms. The summed E-state index contributed by atoms with van der Waals surface area (Å²) in [4.78, 5) is 4.36. The molecule has 0 aromatic heterocycles. The molecule has 88 valence electrons. The number of hydrogen-bond donors (Lipinski definition) is 0. The monoisotopic (exact) mass is 229 g/mol. The van der Waals surface area contributed by atoms with Gasteiger partial charge in [-0.15, -0.1) is 0 Å². The molecule has 17 heavy (non-hydrogen) atoms. The lowest BCUT2D eigenvalue weighted by atomic mass is 10.1. The first kappa shape index (κ1) is 11.8. The van der Waals surface area contributed by atoms with E-state index in [-0.39, 0.29) is 5.82 Å². The van der Waals surface area contributed by atoms with E-state index < -0.39 is 0 Å². The molecule has 1 aliphatic heterocycles. The largest absolute Gasteiger partial charge is 0.266 e. The van der Waals surface area contributed by atoms with Crippen molar-refractivity contribution in [1.29, 1.82) is 0 Å². The third-order valence-corrected chi connectivity index (χ3v) is 2.68. The van der Waals surface area contributed by atoms with Crippen molar-refractivity contribution >= 4 is 12.3 Å². The molecule has 0 atom stereocenters. The minimum absolute atomic E-state index is 0.195. The van der Waals surface area contributed by atoms with Crippen molar-refractivity contribution in [2.24, 2.45) is 4.99 Å². The Morgan fingerprint density at radius 1 is 1.29 bits per heavy atom. The maximum Gasteiger partial charge on any atom is 0.123 e. The van der Waals surface area contributed by atoms with Crippen LogP contribution in [0.25, 0.3) is 6.08 Å². The van der Waals surface area contributed by atoms with Crippen LogP contribution in [0.4, 0.5) is 4.39 Å². The van der Waals surface area contributed by atoms with Gasteiger partial charge in [-0.1, -0.05) is 29.9 Å². The van der Waals surface area contributed by atoms with Crippen LogP contribution in [0, 0.1) is 5.82 Å². The summed E-state index contributed by atoms with van der Waals surface area (Å²) in [6, 6.07) is 6.54. The first-order valence-corrected chi connectivity index (χ1v) is 5.88. The van der Waals surface area contributed by atoms with Crippen molar-refractivity contribution in [2.75, 3.05) is 0 Å². The van der Waals surface area contributed by atoms with Crippen molar-refractivity contribution in [3.8, 4) is 0 Å². The van der Waals surface area contributed by atoms with E-state index in [0.717, 1.165) is 30.5 Å². The minimum atomic E-state index is -0.195. The van der Waals surface area contributed by atoms with Crippen LogP contribution >= 0.6 is 0 Å². The van der Waals surface area contributed by atoms with E-state index in [1.165, 1.54) is 17.7 Å². The number of rotatable bonds is 3. The SMILES string of the molecule is C/C(=C/c1ccc(F)cc1)CC1=CCCC=N1. The Kier molecular flexibility index (Phi) is 3.86. The smallest absolute Gasteiger partial charge is 0.123 e. The molecular formula is C15H16FN. The molecular weight excluding hydrogens is 213 g/mol.